The molecule has 0 aliphatic carbocycles. The highest BCUT2D eigenvalue weighted by atomic mass is 16.5. The van der Waals surface area contributed by atoms with Crippen molar-refractivity contribution in [1.29, 1.82) is 0 Å². The minimum Gasteiger partial charge on any atom is -0.497 e. The predicted octanol–water partition coefficient (Wildman–Crippen LogP) is 1.42. The first-order valence-electron chi connectivity index (χ1n) is 10.2. The number of nitrogens with two attached hydrogens (primary N) is 1. The van der Waals surface area contributed by atoms with E-state index in [9.17, 15) is 0 Å². The van der Waals surface area contributed by atoms with Crippen LogP contribution in [0.1, 0.15) is 11.4 Å². The number of rotatable bonds is 6. The summed E-state index contributed by atoms with van der Waals surface area (Å²) < 4.78 is 5.24. The molecule has 1 aliphatic heterocycles. The van der Waals surface area contributed by atoms with Gasteiger partial charge in [0.1, 0.15) is 12.3 Å². The topological polar surface area (TPSA) is 93.6 Å². The van der Waals surface area contributed by atoms with Gasteiger partial charge in [0.25, 0.3) is 0 Å². The average Bonchev–Trinajstić information content (AvgIpc) is 2.76. The Bertz CT molecular complexity index is 968. The molecule has 30 heavy (non-hydrogen) atoms. The molecule has 156 valence electrons. The number of benzene rings is 2. The molecule has 1 saturated heterocycles. The molecule has 1 fully saturated rings. The molecule has 0 atom stereocenters. The largest absolute Gasteiger partial charge is 0.497 e. The zero-order valence-corrected chi connectivity index (χ0v) is 17.4. The van der Waals surface area contributed by atoms with Crippen LogP contribution in [0.5, 0.6) is 5.75 Å². The van der Waals surface area contributed by atoms with Gasteiger partial charge in [0.2, 0.25) is 11.9 Å². The van der Waals surface area contributed by atoms with E-state index in [1.165, 1.54) is 16.2 Å². The SMILES string of the molecule is COc1ccc(N2CC[NH+](Cc3nc(N)nc(Nc4ccc(C)cc4)n3)CC2)cc1. The number of nitrogens with one attached hydrogen (secondary N) is 2. The third-order valence-electron chi connectivity index (χ3n) is 5.32. The van der Waals surface area contributed by atoms with Gasteiger partial charge in [-0.15, -0.1) is 0 Å². The van der Waals surface area contributed by atoms with Crippen LogP contribution in [0.2, 0.25) is 0 Å². The standard InChI is InChI=1S/C22H27N7O/c1-16-3-5-17(6-4-16)24-22-26-20(25-21(23)27-22)15-28-11-13-29(14-12-28)18-7-9-19(30-2)10-8-18/h3-10H,11-15H2,1-2H3,(H3,23,24,25,26,27)/p+1. The Morgan fingerprint density at radius 2 is 1.70 bits per heavy atom. The van der Waals surface area contributed by atoms with Gasteiger partial charge in [-0.25, -0.2) is 0 Å². The first kappa shape index (κ1) is 19.9. The van der Waals surface area contributed by atoms with E-state index in [4.69, 9.17) is 10.5 Å². The Morgan fingerprint density at radius 1 is 1.00 bits per heavy atom. The number of hydrogen-bond donors (Lipinski definition) is 3. The van der Waals surface area contributed by atoms with Gasteiger partial charge < -0.3 is 25.6 Å². The van der Waals surface area contributed by atoms with Gasteiger partial charge in [-0.2, -0.15) is 15.0 Å². The maximum absolute atomic E-state index is 5.93. The highest BCUT2D eigenvalue weighted by Crippen LogP contribution is 2.19. The molecule has 0 unspecified atom stereocenters. The third-order valence-corrected chi connectivity index (χ3v) is 5.32. The summed E-state index contributed by atoms with van der Waals surface area (Å²) in [5.74, 6) is 2.32. The summed E-state index contributed by atoms with van der Waals surface area (Å²) in [6.45, 7) is 6.77. The van der Waals surface area contributed by atoms with Crippen LogP contribution >= 0.6 is 0 Å². The average molecular weight is 407 g/mol. The number of ether oxygens (including phenoxy) is 1. The Kier molecular flexibility index (Phi) is 5.94. The molecule has 2 aromatic carbocycles. The Morgan fingerprint density at radius 3 is 2.37 bits per heavy atom. The predicted molar refractivity (Wildman–Crippen MR) is 118 cm³/mol. The van der Waals surface area contributed by atoms with Gasteiger partial charge in [0.05, 0.1) is 33.3 Å². The third kappa shape index (κ3) is 4.96. The zero-order chi connectivity index (χ0) is 20.9. The molecular weight excluding hydrogens is 378 g/mol. The second kappa shape index (κ2) is 8.96. The summed E-state index contributed by atoms with van der Waals surface area (Å²) in [7, 11) is 1.69. The quantitative estimate of drug-likeness (QED) is 0.570. The molecule has 0 radical (unpaired) electrons. The molecule has 0 saturated carbocycles. The molecule has 1 aromatic heterocycles. The van der Waals surface area contributed by atoms with Crippen LogP contribution in [0.4, 0.5) is 23.3 Å². The van der Waals surface area contributed by atoms with Crippen molar-refractivity contribution < 1.29 is 9.64 Å². The summed E-state index contributed by atoms with van der Waals surface area (Å²) >= 11 is 0. The van der Waals surface area contributed by atoms with Gasteiger partial charge >= 0.3 is 0 Å². The van der Waals surface area contributed by atoms with Crippen LogP contribution in [-0.2, 0) is 6.54 Å². The zero-order valence-electron chi connectivity index (χ0n) is 17.4. The van der Waals surface area contributed by atoms with E-state index in [1.807, 2.05) is 36.4 Å². The summed E-state index contributed by atoms with van der Waals surface area (Å²) in [4.78, 5) is 17.0. The van der Waals surface area contributed by atoms with Gasteiger partial charge in [-0.1, -0.05) is 17.7 Å². The number of quaternary nitrogens is 1. The van der Waals surface area contributed by atoms with Gasteiger partial charge in [-0.3, -0.25) is 0 Å². The van der Waals surface area contributed by atoms with Gasteiger partial charge in [0.15, 0.2) is 5.82 Å². The molecule has 1 aliphatic rings. The lowest BCUT2D eigenvalue weighted by Crippen LogP contribution is -3.13. The molecule has 4 rings (SSSR count). The number of anilines is 4. The van der Waals surface area contributed by atoms with Gasteiger partial charge in [0, 0.05) is 11.4 Å². The number of aromatic nitrogens is 3. The lowest BCUT2D eigenvalue weighted by atomic mass is 10.2. The molecule has 8 nitrogen and oxygen atoms in total. The number of hydrogen-bond acceptors (Lipinski definition) is 7. The fourth-order valence-corrected chi connectivity index (χ4v) is 3.61. The van der Waals surface area contributed by atoms with Crippen LogP contribution in [-0.4, -0.2) is 48.2 Å². The minimum absolute atomic E-state index is 0.242. The van der Waals surface area contributed by atoms with E-state index in [0.29, 0.717) is 11.8 Å². The van der Waals surface area contributed by atoms with Crippen molar-refractivity contribution in [3.8, 4) is 5.75 Å². The molecule has 8 heteroatoms. The van der Waals surface area contributed by atoms with Crippen LogP contribution < -0.4 is 25.6 Å². The van der Waals surface area contributed by atoms with Crippen molar-refractivity contribution in [2.75, 3.05) is 49.2 Å². The second-order valence-corrected chi connectivity index (χ2v) is 7.54. The van der Waals surface area contributed by atoms with Crippen molar-refractivity contribution in [1.82, 2.24) is 15.0 Å². The maximum atomic E-state index is 5.93. The Hall–Kier alpha value is -3.39. The van der Waals surface area contributed by atoms with Crippen molar-refractivity contribution in [3.05, 3.63) is 59.9 Å². The van der Waals surface area contributed by atoms with E-state index in [0.717, 1.165) is 44.2 Å². The highest BCUT2D eigenvalue weighted by molar-refractivity contribution is 5.54. The number of piperazine rings is 1. The smallest absolute Gasteiger partial charge is 0.232 e. The highest BCUT2D eigenvalue weighted by Gasteiger charge is 2.22. The lowest BCUT2D eigenvalue weighted by Gasteiger charge is -2.33. The number of nitrogen functional groups attached to an aromatic ring is 1. The first-order chi connectivity index (χ1) is 14.6. The number of aryl methyl sites for hydroxylation is 1. The van der Waals surface area contributed by atoms with Crippen LogP contribution in [0.25, 0.3) is 0 Å². The fourth-order valence-electron chi connectivity index (χ4n) is 3.61. The summed E-state index contributed by atoms with van der Waals surface area (Å²) in [6.07, 6.45) is 0. The molecule has 0 amide bonds. The monoisotopic (exact) mass is 406 g/mol. The Labute approximate surface area is 176 Å². The normalized spacial score (nSPS) is 14.5. The first-order valence-corrected chi connectivity index (χ1v) is 10.2. The molecule has 2 heterocycles. The van der Waals surface area contributed by atoms with E-state index < -0.39 is 0 Å². The van der Waals surface area contributed by atoms with Crippen molar-refractivity contribution >= 4 is 23.3 Å². The lowest BCUT2D eigenvalue weighted by molar-refractivity contribution is -0.915. The Balaban J connectivity index is 1.36. The van der Waals surface area contributed by atoms with E-state index in [2.05, 4.69) is 44.2 Å². The maximum Gasteiger partial charge on any atom is 0.232 e. The van der Waals surface area contributed by atoms with E-state index >= 15 is 0 Å². The summed E-state index contributed by atoms with van der Waals surface area (Å²) in [5, 5.41) is 3.22. The van der Waals surface area contributed by atoms with E-state index in [1.54, 1.807) is 7.11 Å². The minimum atomic E-state index is 0.242. The van der Waals surface area contributed by atoms with Crippen LogP contribution in [0, 0.1) is 6.92 Å². The van der Waals surface area contributed by atoms with E-state index in [-0.39, 0.29) is 5.95 Å². The summed E-state index contributed by atoms with van der Waals surface area (Å²) in [6, 6.07) is 16.3. The molecule has 3 aromatic rings. The van der Waals surface area contributed by atoms with Crippen molar-refractivity contribution in [2.24, 2.45) is 0 Å². The van der Waals surface area contributed by atoms with Gasteiger partial charge in [-0.05, 0) is 43.3 Å². The number of nitrogens with zero attached hydrogens (tertiary/aromatic N) is 4. The summed E-state index contributed by atoms with van der Waals surface area (Å²) in [5.41, 5.74) is 9.29. The van der Waals surface area contributed by atoms with Crippen LogP contribution in [0.15, 0.2) is 48.5 Å². The van der Waals surface area contributed by atoms with Crippen molar-refractivity contribution in [3.63, 3.8) is 0 Å². The molecule has 0 bridgehead atoms. The molecule has 0 spiro atoms. The number of methoxy groups -OCH3 is 1. The molecule has 4 N–H and O–H groups in total. The van der Waals surface area contributed by atoms with Crippen molar-refractivity contribution in [2.45, 2.75) is 13.5 Å². The van der Waals surface area contributed by atoms with Crippen LogP contribution in [0.3, 0.4) is 0 Å². The molecular formula is C22H28N7O+. The second-order valence-electron chi connectivity index (χ2n) is 7.54. The fraction of sp³-hybridized carbons (Fsp3) is 0.318.